The van der Waals surface area contributed by atoms with E-state index in [1.54, 1.807) is 11.1 Å². The standard InChI is InChI=1S/C16H25N3O3/c1-11-9-12(17)10-18-14(11)21-13-5-7-19(8-6-13)15(20)22-16(2,3)4/h9-10,13H,5-8,17H2,1-4H3. The zero-order valence-corrected chi connectivity index (χ0v) is 13.8. The molecule has 1 fully saturated rings. The fraction of sp³-hybridized carbons (Fsp3) is 0.625. The highest BCUT2D eigenvalue weighted by Gasteiger charge is 2.27. The van der Waals surface area contributed by atoms with Crippen LogP contribution in [0.25, 0.3) is 0 Å². The molecule has 122 valence electrons. The number of nitrogens with two attached hydrogens (primary N) is 1. The number of hydrogen-bond donors (Lipinski definition) is 1. The van der Waals surface area contributed by atoms with Gasteiger partial charge in [0.25, 0.3) is 0 Å². The van der Waals surface area contributed by atoms with Crippen molar-refractivity contribution in [3.8, 4) is 5.88 Å². The van der Waals surface area contributed by atoms with Crippen LogP contribution in [-0.2, 0) is 4.74 Å². The van der Waals surface area contributed by atoms with Crippen LogP contribution >= 0.6 is 0 Å². The second kappa shape index (κ2) is 6.42. The number of pyridine rings is 1. The number of piperidine rings is 1. The maximum absolute atomic E-state index is 12.0. The Morgan fingerprint density at radius 2 is 2.00 bits per heavy atom. The average molecular weight is 307 g/mol. The van der Waals surface area contributed by atoms with Crippen molar-refractivity contribution in [1.29, 1.82) is 0 Å². The van der Waals surface area contributed by atoms with Gasteiger partial charge < -0.3 is 20.1 Å². The highest BCUT2D eigenvalue weighted by Crippen LogP contribution is 2.22. The quantitative estimate of drug-likeness (QED) is 0.909. The lowest BCUT2D eigenvalue weighted by Crippen LogP contribution is -2.44. The van der Waals surface area contributed by atoms with E-state index >= 15 is 0 Å². The lowest BCUT2D eigenvalue weighted by Gasteiger charge is -2.33. The molecule has 1 aliphatic rings. The van der Waals surface area contributed by atoms with Gasteiger partial charge in [-0.3, -0.25) is 0 Å². The van der Waals surface area contributed by atoms with Crippen LogP contribution in [0.4, 0.5) is 10.5 Å². The van der Waals surface area contributed by atoms with E-state index in [1.807, 2.05) is 33.8 Å². The maximum Gasteiger partial charge on any atom is 0.410 e. The summed E-state index contributed by atoms with van der Waals surface area (Å²) in [6.07, 6.45) is 2.94. The molecule has 1 aromatic heterocycles. The van der Waals surface area contributed by atoms with Crippen LogP contribution in [0.2, 0.25) is 0 Å². The molecular formula is C16H25N3O3. The molecule has 0 spiro atoms. The summed E-state index contributed by atoms with van der Waals surface area (Å²) >= 11 is 0. The molecule has 2 rings (SSSR count). The van der Waals surface area contributed by atoms with Crippen molar-refractivity contribution in [2.24, 2.45) is 0 Å². The van der Waals surface area contributed by atoms with Crippen molar-refractivity contribution in [3.05, 3.63) is 17.8 Å². The van der Waals surface area contributed by atoms with Gasteiger partial charge in [-0.25, -0.2) is 9.78 Å². The molecule has 1 amide bonds. The third kappa shape index (κ3) is 4.51. The molecule has 6 nitrogen and oxygen atoms in total. The number of carbonyl (C=O) groups excluding carboxylic acids is 1. The zero-order valence-electron chi connectivity index (χ0n) is 13.8. The number of rotatable bonds is 2. The summed E-state index contributed by atoms with van der Waals surface area (Å²) in [7, 11) is 0. The molecule has 1 aromatic rings. The van der Waals surface area contributed by atoms with Gasteiger partial charge in [0.1, 0.15) is 11.7 Å². The molecule has 1 saturated heterocycles. The summed E-state index contributed by atoms with van der Waals surface area (Å²) in [6.45, 7) is 8.80. The van der Waals surface area contributed by atoms with Gasteiger partial charge in [-0.1, -0.05) is 0 Å². The number of ether oxygens (including phenoxy) is 2. The topological polar surface area (TPSA) is 77.7 Å². The van der Waals surface area contributed by atoms with Gasteiger partial charge in [0, 0.05) is 31.5 Å². The van der Waals surface area contributed by atoms with Crippen LogP contribution < -0.4 is 10.5 Å². The third-order valence-electron chi connectivity index (χ3n) is 3.42. The molecule has 0 aliphatic carbocycles. The number of carbonyl (C=O) groups is 1. The Bertz CT molecular complexity index is 532. The summed E-state index contributed by atoms with van der Waals surface area (Å²) in [5.74, 6) is 0.616. The number of hydrogen-bond acceptors (Lipinski definition) is 5. The van der Waals surface area contributed by atoms with Crippen molar-refractivity contribution < 1.29 is 14.3 Å². The molecule has 6 heteroatoms. The van der Waals surface area contributed by atoms with Gasteiger partial charge >= 0.3 is 6.09 Å². The normalized spacial score (nSPS) is 16.5. The van der Waals surface area contributed by atoms with Crippen LogP contribution in [0.3, 0.4) is 0 Å². The summed E-state index contributed by atoms with van der Waals surface area (Å²) in [5, 5.41) is 0. The Morgan fingerprint density at radius 1 is 1.36 bits per heavy atom. The highest BCUT2D eigenvalue weighted by atomic mass is 16.6. The van der Waals surface area contributed by atoms with Gasteiger partial charge in [0.15, 0.2) is 0 Å². The predicted molar refractivity (Wildman–Crippen MR) is 84.8 cm³/mol. The first-order valence-corrected chi connectivity index (χ1v) is 7.61. The molecule has 0 saturated carbocycles. The molecular weight excluding hydrogens is 282 g/mol. The van der Waals surface area contributed by atoms with Gasteiger partial charge in [0.05, 0.1) is 11.9 Å². The van der Waals surface area contributed by atoms with E-state index in [4.69, 9.17) is 15.2 Å². The summed E-state index contributed by atoms with van der Waals surface area (Å²) in [6, 6.07) is 1.85. The second-order valence-corrected chi connectivity index (χ2v) is 6.68. The van der Waals surface area contributed by atoms with E-state index in [1.165, 1.54) is 0 Å². The van der Waals surface area contributed by atoms with Crippen LogP contribution in [-0.4, -0.2) is 40.8 Å². The predicted octanol–water partition coefficient (Wildman–Crippen LogP) is 2.75. The van der Waals surface area contributed by atoms with E-state index < -0.39 is 5.60 Å². The molecule has 0 aromatic carbocycles. The smallest absolute Gasteiger partial charge is 0.410 e. The first-order valence-electron chi connectivity index (χ1n) is 7.61. The number of anilines is 1. The average Bonchev–Trinajstić information content (AvgIpc) is 2.41. The molecule has 0 unspecified atom stereocenters. The molecule has 0 radical (unpaired) electrons. The first kappa shape index (κ1) is 16.4. The maximum atomic E-state index is 12.0. The lowest BCUT2D eigenvalue weighted by molar-refractivity contribution is 0.0122. The molecule has 0 atom stereocenters. The first-order chi connectivity index (χ1) is 10.2. The summed E-state index contributed by atoms with van der Waals surface area (Å²) in [4.78, 5) is 18.0. The Morgan fingerprint density at radius 3 is 2.55 bits per heavy atom. The van der Waals surface area contributed by atoms with E-state index in [2.05, 4.69) is 4.98 Å². The minimum absolute atomic E-state index is 0.0634. The number of amides is 1. The molecule has 22 heavy (non-hydrogen) atoms. The Kier molecular flexibility index (Phi) is 4.78. The number of aryl methyl sites for hydroxylation is 1. The number of likely N-dealkylation sites (tertiary alicyclic amines) is 1. The minimum atomic E-state index is -0.463. The van der Waals surface area contributed by atoms with Gasteiger partial charge in [0.2, 0.25) is 5.88 Å². The number of nitrogen functional groups attached to an aromatic ring is 1. The van der Waals surface area contributed by atoms with Crippen molar-refractivity contribution in [1.82, 2.24) is 9.88 Å². The Balaban J connectivity index is 1.86. The fourth-order valence-electron chi connectivity index (χ4n) is 2.35. The highest BCUT2D eigenvalue weighted by molar-refractivity contribution is 5.68. The van der Waals surface area contributed by atoms with Crippen LogP contribution in [0.15, 0.2) is 12.3 Å². The monoisotopic (exact) mass is 307 g/mol. The Hall–Kier alpha value is -1.98. The van der Waals surface area contributed by atoms with Crippen molar-refractivity contribution in [3.63, 3.8) is 0 Å². The molecule has 2 heterocycles. The molecule has 1 aliphatic heterocycles. The second-order valence-electron chi connectivity index (χ2n) is 6.68. The zero-order chi connectivity index (χ0) is 16.3. The Labute approximate surface area is 131 Å². The van der Waals surface area contributed by atoms with Gasteiger partial charge in [-0.2, -0.15) is 0 Å². The molecule has 2 N–H and O–H groups in total. The van der Waals surface area contributed by atoms with Crippen molar-refractivity contribution in [2.75, 3.05) is 18.8 Å². The van der Waals surface area contributed by atoms with E-state index in [0.29, 0.717) is 24.7 Å². The van der Waals surface area contributed by atoms with Crippen LogP contribution in [0, 0.1) is 6.92 Å². The number of aromatic nitrogens is 1. The van der Waals surface area contributed by atoms with E-state index in [0.717, 1.165) is 18.4 Å². The van der Waals surface area contributed by atoms with E-state index in [-0.39, 0.29) is 12.2 Å². The van der Waals surface area contributed by atoms with Crippen LogP contribution in [0.5, 0.6) is 5.88 Å². The van der Waals surface area contributed by atoms with Gasteiger partial charge in [-0.05, 0) is 33.8 Å². The van der Waals surface area contributed by atoms with Crippen molar-refractivity contribution in [2.45, 2.75) is 52.2 Å². The summed E-state index contributed by atoms with van der Waals surface area (Å²) < 4.78 is 11.3. The van der Waals surface area contributed by atoms with Crippen molar-refractivity contribution >= 4 is 11.8 Å². The van der Waals surface area contributed by atoms with E-state index in [9.17, 15) is 4.79 Å². The summed E-state index contributed by atoms with van der Waals surface area (Å²) in [5.41, 5.74) is 6.78. The SMILES string of the molecule is Cc1cc(N)cnc1OC1CCN(C(=O)OC(C)(C)C)CC1. The lowest BCUT2D eigenvalue weighted by atomic mass is 10.1. The fourth-order valence-corrected chi connectivity index (χ4v) is 2.35. The minimum Gasteiger partial charge on any atom is -0.474 e. The number of nitrogens with zero attached hydrogens (tertiary/aromatic N) is 2. The van der Waals surface area contributed by atoms with Gasteiger partial charge in [-0.15, -0.1) is 0 Å². The largest absolute Gasteiger partial charge is 0.474 e. The van der Waals surface area contributed by atoms with Crippen LogP contribution in [0.1, 0.15) is 39.2 Å². The third-order valence-corrected chi connectivity index (χ3v) is 3.42. The molecule has 0 bridgehead atoms.